The molecule has 0 fully saturated rings. The molecule has 0 unspecified atom stereocenters. The van der Waals surface area contributed by atoms with E-state index in [1.54, 1.807) is 25.3 Å². The molecule has 7 heteroatoms. The second kappa shape index (κ2) is 6.95. The predicted octanol–water partition coefficient (Wildman–Crippen LogP) is 1.01. The molecule has 1 aromatic carbocycles. The molecular weight excluding hydrogens is 288 g/mol. The monoisotopic (exact) mass is 306 g/mol. The topological polar surface area (TPSA) is 77.1 Å². The summed E-state index contributed by atoms with van der Waals surface area (Å²) < 4.78 is 15.3. The lowest BCUT2D eigenvalue weighted by molar-refractivity contribution is -0.137. The number of carbonyl (C=O) groups is 2. The third-order valence-corrected chi connectivity index (χ3v) is 3.21. The molecule has 0 spiro atoms. The Kier molecular flexibility index (Phi) is 5.00. The first-order valence-corrected chi connectivity index (χ1v) is 6.66. The van der Waals surface area contributed by atoms with Gasteiger partial charge in [-0.1, -0.05) is 0 Å². The van der Waals surface area contributed by atoms with E-state index in [0.717, 1.165) is 4.90 Å². The minimum absolute atomic E-state index is 0.199. The summed E-state index contributed by atoms with van der Waals surface area (Å²) in [6, 6.07) is 5.14. The van der Waals surface area contributed by atoms with Gasteiger partial charge in [-0.3, -0.25) is 14.5 Å². The van der Waals surface area contributed by atoms with Crippen molar-refractivity contribution in [2.24, 2.45) is 0 Å². The van der Waals surface area contributed by atoms with Crippen LogP contribution in [0, 0.1) is 0 Å². The molecule has 0 saturated heterocycles. The Morgan fingerprint density at radius 2 is 1.91 bits per heavy atom. The van der Waals surface area contributed by atoms with E-state index >= 15 is 0 Å². The van der Waals surface area contributed by atoms with Gasteiger partial charge >= 0.3 is 0 Å². The lowest BCUT2D eigenvalue weighted by Crippen LogP contribution is -2.34. The van der Waals surface area contributed by atoms with E-state index in [2.05, 4.69) is 5.32 Å². The number of hydrogen-bond donors (Lipinski definition) is 1. The second-order valence-corrected chi connectivity index (χ2v) is 4.54. The minimum Gasteiger partial charge on any atom is -0.497 e. The van der Waals surface area contributed by atoms with Crippen molar-refractivity contribution in [1.29, 1.82) is 0 Å². The Balaban J connectivity index is 2.16. The van der Waals surface area contributed by atoms with Crippen molar-refractivity contribution in [2.75, 3.05) is 39.8 Å². The molecule has 0 aromatic heterocycles. The van der Waals surface area contributed by atoms with Crippen molar-refractivity contribution in [3.63, 3.8) is 0 Å². The van der Waals surface area contributed by atoms with E-state index in [0.29, 0.717) is 23.8 Å². The van der Waals surface area contributed by atoms with Crippen molar-refractivity contribution in [3.05, 3.63) is 30.0 Å². The number of methoxy groups -OCH3 is 3. The maximum absolute atomic E-state index is 12.2. The van der Waals surface area contributed by atoms with Crippen molar-refractivity contribution >= 4 is 17.5 Å². The van der Waals surface area contributed by atoms with Crippen LogP contribution in [0.4, 0.5) is 5.69 Å². The van der Waals surface area contributed by atoms with Gasteiger partial charge in [0, 0.05) is 19.3 Å². The fraction of sp³-hybridized carbons (Fsp3) is 0.333. The highest BCUT2D eigenvalue weighted by atomic mass is 16.5. The van der Waals surface area contributed by atoms with Gasteiger partial charge in [0.25, 0.3) is 11.8 Å². The summed E-state index contributed by atoms with van der Waals surface area (Å²) in [6.07, 6.45) is 1.27. The van der Waals surface area contributed by atoms with Gasteiger partial charge in [0.2, 0.25) is 0 Å². The lowest BCUT2D eigenvalue weighted by atomic mass is 10.2. The van der Waals surface area contributed by atoms with Crippen LogP contribution in [-0.2, 0) is 14.3 Å². The highest BCUT2D eigenvalue weighted by molar-refractivity contribution is 6.17. The Labute approximate surface area is 128 Å². The third kappa shape index (κ3) is 3.20. The largest absolute Gasteiger partial charge is 0.497 e. The zero-order valence-corrected chi connectivity index (χ0v) is 12.7. The molecule has 0 aliphatic carbocycles. The van der Waals surface area contributed by atoms with Crippen LogP contribution in [0.5, 0.6) is 11.5 Å². The predicted molar refractivity (Wildman–Crippen MR) is 79.8 cm³/mol. The Morgan fingerprint density at radius 1 is 1.14 bits per heavy atom. The summed E-state index contributed by atoms with van der Waals surface area (Å²) in [5, 5.41) is 2.93. The zero-order chi connectivity index (χ0) is 16.1. The molecule has 0 atom stereocenters. The van der Waals surface area contributed by atoms with Gasteiger partial charge in [0.05, 0.1) is 33.1 Å². The Bertz CT molecular complexity index is 612. The molecule has 1 heterocycles. The standard InChI is InChI=1S/C15H18N2O5/c1-20-7-6-17-14(18)9-12(15(17)19)16-11-5-4-10(21-2)8-13(11)22-3/h4-5,8-9,16H,6-7H2,1-3H3. The molecule has 0 saturated carbocycles. The average molecular weight is 306 g/mol. The molecule has 1 aromatic rings. The van der Waals surface area contributed by atoms with Crippen LogP contribution in [-0.4, -0.2) is 51.2 Å². The normalized spacial score (nSPS) is 14.1. The van der Waals surface area contributed by atoms with Crippen molar-refractivity contribution in [2.45, 2.75) is 0 Å². The fourth-order valence-corrected chi connectivity index (χ4v) is 2.04. The first-order valence-electron chi connectivity index (χ1n) is 6.66. The number of hydrogen-bond acceptors (Lipinski definition) is 6. The van der Waals surface area contributed by atoms with Gasteiger partial charge in [0.1, 0.15) is 17.2 Å². The van der Waals surface area contributed by atoms with E-state index in [-0.39, 0.29) is 24.1 Å². The van der Waals surface area contributed by atoms with Gasteiger partial charge in [-0.15, -0.1) is 0 Å². The van der Waals surface area contributed by atoms with Gasteiger partial charge in [-0.25, -0.2) is 0 Å². The fourth-order valence-electron chi connectivity index (χ4n) is 2.04. The summed E-state index contributed by atoms with van der Waals surface area (Å²) in [6.45, 7) is 0.514. The van der Waals surface area contributed by atoms with E-state index in [1.165, 1.54) is 20.3 Å². The van der Waals surface area contributed by atoms with Crippen LogP contribution in [0.15, 0.2) is 30.0 Å². The van der Waals surface area contributed by atoms with E-state index < -0.39 is 0 Å². The summed E-state index contributed by atoms with van der Waals surface area (Å²) in [5.41, 5.74) is 0.772. The number of rotatable bonds is 7. The molecule has 22 heavy (non-hydrogen) atoms. The van der Waals surface area contributed by atoms with Crippen LogP contribution >= 0.6 is 0 Å². The molecule has 1 N–H and O–H groups in total. The maximum atomic E-state index is 12.2. The van der Waals surface area contributed by atoms with Gasteiger partial charge in [-0.05, 0) is 12.1 Å². The smallest absolute Gasteiger partial charge is 0.277 e. The highest BCUT2D eigenvalue weighted by Gasteiger charge is 2.31. The summed E-state index contributed by atoms with van der Waals surface area (Å²) in [7, 11) is 4.58. The maximum Gasteiger partial charge on any atom is 0.277 e. The Morgan fingerprint density at radius 3 is 2.55 bits per heavy atom. The number of ether oxygens (including phenoxy) is 3. The van der Waals surface area contributed by atoms with Crippen LogP contribution < -0.4 is 14.8 Å². The van der Waals surface area contributed by atoms with Gasteiger partial charge in [0.15, 0.2) is 0 Å². The number of anilines is 1. The highest BCUT2D eigenvalue weighted by Crippen LogP contribution is 2.30. The van der Waals surface area contributed by atoms with Gasteiger partial charge in [-0.2, -0.15) is 0 Å². The van der Waals surface area contributed by atoms with E-state index in [9.17, 15) is 9.59 Å². The molecule has 0 bridgehead atoms. The zero-order valence-electron chi connectivity index (χ0n) is 12.7. The van der Waals surface area contributed by atoms with Crippen LogP contribution in [0.1, 0.15) is 0 Å². The summed E-state index contributed by atoms with van der Waals surface area (Å²) in [5.74, 6) is 0.389. The van der Waals surface area contributed by atoms with Crippen molar-refractivity contribution in [1.82, 2.24) is 4.90 Å². The molecule has 7 nitrogen and oxygen atoms in total. The van der Waals surface area contributed by atoms with Crippen molar-refractivity contribution in [3.8, 4) is 11.5 Å². The number of benzene rings is 1. The molecule has 1 aliphatic rings. The number of carbonyl (C=O) groups excluding carboxylic acids is 2. The molecule has 118 valence electrons. The lowest BCUT2D eigenvalue weighted by Gasteiger charge is -2.15. The molecule has 0 radical (unpaired) electrons. The van der Waals surface area contributed by atoms with E-state index in [1.807, 2.05) is 0 Å². The van der Waals surface area contributed by atoms with Crippen LogP contribution in [0.3, 0.4) is 0 Å². The summed E-state index contributed by atoms with van der Waals surface area (Å²) >= 11 is 0. The average Bonchev–Trinajstić information content (AvgIpc) is 2.79. The molecule has 1 aliphatic heterocycles. The van der Waals surface area contributed by atoms with E-state index in [4.69, 9.17) is 14.2 Å². The number of nitrogens with zero attached hydrogens (tertiary/aromatic N) is 1. The summed E-state index contributed by atoms with van der Waals surface area (Å²) in [4.78, 5) is 25.2. The quantitative estimate of drug-likeness (QED) is 0.758. The minimum atomic E-state index is -0.389. The molecule has 2 amide bonds. The molecular formula is C15H18N2O5. The first-order chi connectivity index (χ1) is 10.6. The van der Waals surface area contributed by atoms with Gasteiger partial charge < -0.3 is 19.5 Å². The van der Waals surface area contributed by atoms with Crippen molar-refractivity contribution < 1.29 is 23.8 Å². The van der Waals surface area contributed by atoms with Crippen LogP contribution in [0.25, 0.3) is 0 Å². The number of imide groups is 1. The SMILES string of the molecule is COCCN1C(=O)C=C(Nc2ccc(OC)cc2OC)C1=O. The molecule has 2 rings (SSSR count). The number of amides is 2. The first kappa shape index (κ1) is 15.8. The third-order valence-electron chi connectivity index (χ3n) is 3.21. The second-order valence-electron chi connectivity index (χ2n) is 4.54. The van der Waals surface area contributed by atoms with Crippen LogP contribution in [0.2, 0.25) is 0 Å². The number of nitrogens with one attached hydrogen (secondary N) is 1. The Hall–Kier alpha value is -2.54.